The van der Waals surface area contributed by atoms with E-state index in [1.807, 2.05) is 60.7 Å². The van der Waals surface area contributed by atoms with Crippen LogP contribution in [0.5, 0.6) is 0 Å². The average Bonchev–Trinajstić information content (AvgIpc) is 3.13. The van der Waals surface area contributed by atoms with Crippen molar-refractivity contribution in [1.29, 1.82) is 0 Å². The third kappa shape index (κ3) is 12.9. The van der Waals surface area contributed by atoms with Gasteiger partial charge in [-0.2, -0.15) is 14.7 Å². The van der Waals surface area contributed by atoms with E-state index in [2.05, 4.69) is 74.5 Å². The third-order valence-corrected chi connectivity index (χ3v) is 11.9. The van der Waals surface area contributed by atoms with Gasteiger partial charge in [-0.05, 0) is 36.8 Å². The quantitative estimate of drug-likeness (QED) is 0.0433. The second-order valence-corrected chi connectivity index (χ2v) is 15.6. The first kappa shape index (κ1) is 41.9. The summed E-state index contributed by atoms with van der Waals surface area (Å²) in [6, 6.07) is 40.5. The van der Waals surface area contributed by atoms with Gasteiger partial charge in [0.25, 0.3) is 0 Å². The van der Waals surface area contributed by atoms with Gasteiger partial charge in [-0.3, -0.25) is 0 Å². The molecule has 0 radical (unpaired) electrons. The minimum atomic E-state index is -4.21. The Hall–Kier alpha value is -2.50. The molecule has 0 aliphatic heterocycles. The SMILES string of the molecule is CCCCC(CC)C(c1ccccc1)(c1ccccc1)[P+](O)(O)O.OP(O)OCCCCCCCCCC(c1ccccc1)c1ccccc1. The predicted octanol–water partition coefficient (Wildman–Crippen LogP) is 11.1. The molecule has 4 aromatic carbocycles. The molecule has 0 aliphatic rings. The maximum Gasteiger partial charge on any atom is 0.419 e. The maximum atomic E-state index is 10.7. The van der Waals surface area contributed by atoms with Gasteiger partial charge in [-0.1, -0.05) is 187 Å². The summed E-state index contributed by atoms with van der Waals surface area (Å²) in [5, 5.41) is -1.18. The fourth-order valence-electron chi connectivity index (χ4n) is 7.15. The Balaban J connectivity index is 0.000000271. The predicted molar refractivity (Wildman–Crippen MR) is 210 cm³/mol. The van der Waals surface area contributed by atoms with Gasteiger partial charge >= 0.3 is 16.5 Å². The summed E-state index contributed by atoms with van der Waals surface area (Å²) in [4.78, 5) is 49.3. The first-order valence-corrected chi connectivity index (χ1v) is 21.2. The normalized spacial score (nSPS) is 12.5. The monoisotopic (exact) mass is 721 g/mol. The summed E-state index contributed by atoms with van der Waals surface area (Å²) >= 11 is 0. The maximum absolute atomic E-state index is 10.7. The van der Waals surface area contributed by atoms with Crippen LogP contribution in [-0.4, -0.2) is 31.1 Å². The van der Waals surface area contributed by atoms with Crippen LogP contribution >= 0.6 is 16.5 Å². The van der Waals surface area contributed by atoms with Gasteiger partial charge in [0.2, 0.25) is 5.16 Å². The van der Waals surface area contributed by atoms with Crippen molar-refractivity contribution in [2.75, 3.05) is 6.61 Å². The molecule has 50 heavy (non-hydrogen) atoms. The van der Waals surface area contributed by atoms with Crippen molar-refractivity contribution in [3.63, 3.8) is 0 Å². The summed E-state index contributed by atoms with van der Waals surface area (Å²) in [6.45, 7) is 4.63. The molecule has 0 amide bonds. The summed E-state index contributed by atoms with van der Waals surface area (Å²) in [7, 11) is -6.39. The summed E-state index contributed by atoms with van der Waals surface area (Å²) in [5.74, 6) is 0.428. The molecular formula is C42H59O6P2+. The van der Waals surface area contributed by atoms with E-state index in [1.165, 1.54) is 49.7 Å². The highest BCUT2D eigenvalue weighted by Gasteiger charge is 2.64. The molecule has 0 saturated heterocycles. The van der Waals surface area contributed by atoms with Crippen molar-refractivity contribution >= 4 is 16.5 Å². The highest BCUT2D eigenvalue weighted by atomic mass is 31.2. The molecule has 272 valence electrons. The van der Waals surface area contributed by atoms with Crippen LogP contribution in [0.2, 0.25) is 0 Å². The molecule has 5 N–H and O–H groups in total. The van der Waals surface area contributed by atoms with Crippen molar-refractivity contribution in [2.45, 2.75) is 102 Å². The number of hydrogen-bond donors (Lipinski definition) is 5. The molecule has 4 aromatic rings. The lowest BCUT2D eigenvalue weighted by Crippen LogP contribution is -2.39. The third-order valence-electron chi connectivity index (χ3n) is 9.64. The number of rotatable bonds is 21. The smallest absolute Gasteiger partial charge is 0.328 e. The number of hydrogen-bond acceptors (Lipinski definition) is 6. The van der Waals surface area contributed by atoms with E-state index in [0.29, 0.717) is 12.5 Å². The molecule has 0 fully saturated rings. The van der Waals surface area contributed by atoms with E-state index in [0.717, 1.165) is 49.7 Å². The lowest BCUT2D eigenvalue weighted by atomic mass is 9.76. The molecule has 4 rings (SSSR count). The summed E-state index contributed by atoms with van der Waals surface area (Å²) in [6.07, 6.45) is 13.0. The van der Waals surface area contributed by atoms with Crippen LogP contribution in [0.15, 0.2) is 121 Å². The average molecular weight is 722 g/mol. The van der Waals surface area contributed by atoms with Crippen LogP contribution in [0.4, 0.5) is 0 Å². The Morgan fingerprint density at radius 2 is 0.980 bits per heavy atom. The topological polar surface area (TPSA) is 110 Å². The molecule has 1 unspecified atom stereocenters. The second-order valence-electron chi connectivity index (χ2n) is 13.0. The minimum absolute atomic E-state index is 0.0596. The molecule has 0 aliphatic carbocycles. The van der Waals surface area contributed by atoms with Crippen LogP contribution in [0, 0.1) is 5.92 Å². The Morgan fingerprint density at radius 3 is 1.38 bits per heavy atom. The molecule has 1 atom stereocenters. The zero-order valence-electron chi connectivity index (χ0n) is 29.9. The molecule has 0 bridgehead atoms. The molecular weight excluding hydrogens is 662 g/mol. The van der Waals surface area contributed by atoms with Crippen molar-refractivity contribution in [3.05, 3.63) is 144 Å². The van der Waals surface area contributed by atoms with Gasteiger partial charge in [0.1, 0.15) is 0 Å². The highest BCUT2D eigenvalue weighted by molar-refractivity contribution is 7.60. The zero-order valence-corrected chi connectivity index (χ0v) is 31.7. The van der Waals surface area contributed by atoms with Gasteiger partial charge < -0.3 is 14.3 Å². The van der Waals surface area contributed by atoms with Crippen molar-refractivity contribution in [2.24, 2.45) is 5.92 Å². The Labute approximate surface area is 302 Å². The van der Waals surface area contributed by atoms with E-state index in [1.54, 1.807) is 0 Å². The Bertz CT molecular complexity index is 1320. The van der Waals surface area contributed by atoms with Crippen LogP contribution < -0.4 is 0 Å². The van der Waals surface area contributed by atoms with Gasteiger partial charge in [0.15, 0.2) is 0 Å². The molecule has 8 heteroatoms. The van der Waals surface area contributed by atoms with E-state index >= 15 is 0 Å². The molecule has 6 nitrogen and oxygen atoms in total. The molecule has 0 heterocycles. The largest absolute Gasteiger partial charge is 0.419 e. The Kier molecular flexibility index (Phi) is 19.4. The van der Waals surface area contributed by atoms with E-state index in [4.69, 9.17) is 14.3 Å². The molecule has 0 aromatic heterocycles. The number of unbranched alkanes of at least 4 members (excludes halogenated alkanes) is 7. The molecule has 0 spiro atoms. The van der Waals surface area contributed by atoms with Crippen molar-refractivity contribution in [1.82, 2.24) is 0 Å². The fourth-order valence-corrected chi connectivity index (χ4v) is 9.23. The fraction of sp³-hybridized carbons (Fsp3) is 0.429. The van der Waals surface area contributed by atoms with Crippen LogP contribution in [-0.2, 0) is 9.68 Å². The Morgan fingerprint density at radius 1 is 0.560 bits per heavy atom. The van der Waals surface area contributed by atoms with Gasteiger partial charge in [0, 0.05) is 23.0 Å². The lowest BCUT2D eigenvalue weighted by molar-refractivity contribution is 0.244. The second kappa shape index (κ2) is 23.1. The first-order chi connectivity index (χ1) is 24.3. The summed E-state index contributed by atoms with van der Waals surface area (Å²) in [5.41, 5.74) is 4.35. The first-order valence-electron chi connectivity index (χ1n) is 18.3. The van der Waals surface area contributed by atoms with Gasteiger partial charge in [-0.25, -0.2) is 0 Å². The van der Waals surface area contributed by atoms with Gasteiger partial charge in [-0.15, -0.1) is 0 Å². The van der Waals surface area contributed by atoms with E-state index in [9.17, 15) is 14.7 Å². The lowest BCUT2D eigenvalue weighted by Gasteiger charge is -2.39. The highest BCUT2D eigenvalue weighted by Crippen LogP contribution is 2.71. The zero-order chi connectivity index (χ0) is 36.1. The van der Waals surface area contributed by atoms with Crippen LogP contribution in [0.1, 0.15) is 119 Å². The minimum Gasteiger partial charge on any atom is -0.328 e. The number of benzene rings is 4. The summed E-state index contributed by atoms with van der Waals surface area (Å²) < 4.78 is 4.77. The standard InChI is InChI=1S/C22H31O3P.C20H28O3P/c23-26(24)25-19-13-5-3-1-2-4-12-18-22(20-14-8-6-9-15-20)21-16-10-7-11-17-21;1-3-5-12-17(4-2)20(24(21,22)23,18-13-8-6-9-14-18)19-15-10-7-11-16-19/h6-11,14-17,22-24H,1-5,12-13,18-19H2;6-11,13-17,21-23H,3-5,12H2,1-2H3/q;+1. The van der Waals surface area contributed by atoms with Gasteiger partial charge in [0.05, 0.1) is 6.61 Å². The van der Waals surface area contributed by atoms with E-state index in [-0.39, 0.29) is 5.92 Å². The van der Waals surface area contributed by atoms with Crippen LogP contribution in [0.3, 0.4) is 0 Å². The molecule has 0 saturated carbocycles. The van der Waals surface area contributed by atoms with Crippen molar-refractivity contribution < 1.29 is 29.0 Å². The van der Waals surface area contributed by atoms with Crippen LogP contribution in [0.25, 0.3) is 0 Å². The van der Waals surface area contributed by atoms with E-state index < -0.39 is 21.7 Å². The van der Waals surface area contributed by atoms with Crippen molar-refractivity contribution in [3.8, 4) is 0 Å².